The fourth-order valence-corrected chi connectivity index (χ4v) is 4.77. The lowest BCUT2D eigenvalue weighted by molar-refractivity contribution is 0.233. The Balaban J connectivity index is 1.57. The summed E-state index contributed by atoms with van der Waals surface area (Å²) in [6.07, 6.45) is 0.559. The Morgan fingerprint density at radius 3 is 2.06 bits per heavy atom. The summed E-state index contributed by atoms with van der Waals surface area (Å²) in [5.74, 6) is -0.494. The van der Waals surface area contributed by atoms with Crippen LogP contribution in [0.3, 0.4) is 0 Å². The predicted molar refractivity (Wildman–Crippen MR) is 128 cm³/mol. The fraction of sp³-hybridized carbons (Fsp3) is 0.214. The van der Waals surface area contributed by atoms with E-state index in [0.29, 0.717) is 30.9 Å². The van der Waals surface area contributed by atoms with E-state index in [1.54, 1.807) is 4.57 Å². The van der Waals surface area contributed by atoms with Crippen LogP contribution < -0.4 is 5.56 Å². The molecule has 172 valence electrons. The zero-order valence-corrected chi connectivity index (χ0v) is 18.9. The summed E-state index contributed by atoms with van der Waals surface area (Å²) in [5.41, 5.74) is 3.24. The summed E-state index contributed by atoms with van der Waals surface area (Å²) in [5, 5.41) is 0. The molecule has 4 nitrogen and oxygen atoms in total. The van der Waals surface area contributed by atoms with Gasteiger partial charge in [-0.15, -0.1) is 0 Å². The largest absolute Gasteiger partial charge is 0.294 e. The van der Waals surface area contributed by atoms with E-state index in [0.717, 1.165) is 16.8 Å². The summed E-state index contributed by atoms with van der Waals surface area (Å²) in [6.45, 7) is 2.84. The van der Waals surface area contributed by atoms with Crippen molar-refractivity contribution in [2.45, 2.75) is 32.5 Å². The number of halogens is 2. The van der Waals surface area contributed by atoms with Crippen LogP contribution >= 0.6 is 0 Å². The summed E-state index contributed by atoms with van der Waals surface area (Å²) in [6, 6.07) is 23.3. The van der Waals surface area contributed by atoms with E-state index in [-0.39, 0.29) is 23.7 Å². The first-order chi connectivity index (χ1) is 16.5. The van der Waals surface area contributed by atoms with Crippen molar-refractivity contribution in [2.75, 3.05) is 6.54 Å². The van der Waals surface area contributed by atoms with Gasteiger partial charge in [-0.1, -0.05) is 66.7 Å². The van der Waals surface area contributed by atoms with Gasteiger partial charge >= 0.3 is 0 Å². The molecule has 34 heavy (non-hydrogen) atoms. The molecule has 0 bridgehead atoms. The van der Waals surface area contributed by atoms with Gasteiger partial charge in [-0.25, -0.2) is 13.8 Å². The predicted octanol–water partition coefficient (Wildman–Crippen LogP) is 5.03. The van der Waals surface area contributed by atoms with E-state index in [2.05, 4.69) is 0 Å². The van der Waals surface area contributed by atoms with E-state index >= 15 is 0 Å². The normalized spacial score (nSPS) is 13.8. The number of hydrogen-bond donors (Lipinski definition) is 0. The van der Waals surface area contributed by atoms with Gasteiger partial charge in [0.05, 0.1) is 17.3 Å². The number of hydrogen-bond acceptors (Lipinski definition) is 3. The van der Waals surface area contributed by atoms with Crippen LogP contribution in [0.1, 0.15) is 39.8 Å². The van der Waals surface area contributed by atoms with E-state index in [9.17, 15) is 13.6 Å². The molecule has 1 aromatic heterocycles. The van der Waals surface area contributed by atoms with Gasteiger partial charge in [-0.05, 0) is 30.2 Å². The molecule has 0 radical (unpaired) electrons. The Morgan fingerprint density at radius 2 is 1.47 bits per heavy atom. The fourth-order valence-electron chi connectivity index (χ4n) is 4.77. The van der Waals surface area contributed by atoms with E-state index in [1.165, 1.54) is 18.2 Å². The maximum absolute atomic E-state index is 14.2. The van der Waals surface area contributed by atoms with Crippen LogP contribution in [-0.4, -0.2) is 21.0 Å². The van der Waals surface area contributed by atoms with E-state index < -0.39 is 11.6 Å². The first-order valence-corrected chi connectivity index (χ1v) is 11.4. The van der Waals surface area contributed by atoms with Gasteiger partial charge in [0.1, 0.15) is 17.5 Å². The monoisotopic (exact) mass is 457 g/mol. The minimum atomic E-state index is -0.571. The van der Waals surface area contributed by atoms with Gasteiger partial charge in [-0.3, -0.25) is 14.3 Å². The second kappa shape index (κ2) is 9.31. The number of aryl methyl sites for hydroxylation is 1. The molecule has 5 rings (SSSR count). The molecule has 0 spiro atoms. The molecule has 0 saturated heterocycles. The number of aromatic nitrogens is 2. The Bertz CT molecular complexity index is 1310. The van der Waals surface area contributed by atoms with Crippen LogP contribution in [0.5, 0.6) is 0 Å². The molecule has 2 heterocycles. The highest BCUT2D eigenvalue weighted by atomic mass is 19.1. The van der Waals surface area contributed by atoms with Crippen molar-refractivity contribution >= 4 is 0 Å². The van der Waals surface area contributed by atoms with Crippen LogP contribution in [0.2, 0.25) is 0 Å². The zero-order valence-electron chi connectivity index (χ0n) is 18.9. The number of benzene rings is 3. The van der Waals surface area contributed by atoms with Gasteiger partial charge in [0.25, 0.3) is 5.56 Å². The molecule has 1 aliphatic heterocycles. The molecule has 6 heteroatoms. The van der Waals surface area contributed by atoms with Gasteiger partial charge in [0.15, 0.2) is 0 Å². The third kappa shape index (κ3) is 4.17. The Labute approximate surface area is 197 Å². The summed E-state index contributed by atoms with van der Waals surface area (Å²) in [7, 11) is 0. The Hall–Kier alpha value is -3.64. The summed E-state index contributed by atoms with van der Waals surface area (Å²) in [4.78, 5) is 20.6. The van der Waals surface area contributed by atoms with Crippen molar-refractivity contribution in [3.8, 4) is 0 Å². The molecule has 4 aromatic rings. The number of rotatable bonds is 5. The van der Waals surface area contributed by atoms with Crippen LogP contribution in [0.15, 0.2) is 83.7 Å². The molecule has 0 N–H and O–H groups in total. The third-order valence-corrected chi connectivity index (χ3v) is 6.45. The average molecular weight is 458 g/mol. The Kier molecular flexibility index (Phi) is 6.07. The quantitative estimate of drug-likeness (QED) is 0.422. The first kappa shape index (κ1) is 22.2. The highest BCUT2D eigenvalue weighted by Gasteiger charge is 2.27. The molecule has 0 atom stereocenters. The Morgan fingerprint density at radius 1 is 0.882 bits per heavy atom. The minimum Gasteiger partial charge on any atom is -0.294 e. The maximum atomic E-state index is 14.2. The number of fused-ring (bicyclic) bond motifs is 1. The number of nitrogens with zero attached hydrogens (tertiary/aromatic N) is 3. The lowest BCUT2D eigenvalue weighted by Crippen LogP contribution is -2.40. The van der Waals surface area contributed by atoms with Crippen molar-refractivity contribution < 1.29 is 8.78 Å². The maximum Gasteiger partial charge on any atom is 0.259 e. The average Bonchev–Trinajstić information content (AvgIpc) is 2.85. The molecule has 3 aromatic carbocycles. The van der Waals surface area contributed by atoms with E-state index in [1.807, 2.05) is 72.5 Å². The minimum absolute atomic E-state index is 0.0257. The third-order valence-electron chi connectivity index (χ3n) is 6.45. The lowest BCUT2D eigenvalue weighted by Gasteiger charge is -2.30. The van der Waals surface area contributed by atoms with Gasteiger partial charge in [0, 0.05) is 31.6 Å². The smallest absolute Gasteiger partial charge is 0.259 e. The highest BCUT2D eigenvalue weighted by molar-refractivity contribution is 5.35. The molecule has 1 aliphatic rings. The van der Waals surface area contributed by atoms with Crippen molar-refractivity contribution in [3.05, 3.63) is 135 Å². The molecule has 0 unspecified atom stereocenters. The first-order valence-electron chi connectivity index (χ1n) is 11.4. The van der Waals surface area contributed by atoms with E-state index in [4.69, 9.17) is 4.98 Å². The van der Waals surface area contributed by atoms with Crippen LogP contribution in [0.4, 0.5) is 8.78 Å². The van der Waals surface area contributed by atoms with Crippen molar-refractivity contribution in [1.82, 2.24) is 14.5 Å². The second-order valence-electron chi connectivity index (χ2n) is 8.64. The zero-order chi connectivity index (χ0) is 23.7. The van der Waals surface area contributed by atoms with Gasteiger partial charge in [0.2, 0.25) is 0 Å². The van der Waals surface area contributed by atoms with Gasteiger partial charge in [-0.2, -0.15) is 0 Å². The summed E-state index contributed by atoms with van der Waals surface area (Å²) < 4.78 is 30.2. The second-order valence-corrected chi connectivity index (χ2v) is 8.64. The molecular formula is C28H25F2N3O. The highest BCUT2D eigenvalue weighted by Crippen LogP contribution is 2.28. The van der Waals surface area contributed by atoms with Crippen molar-refractivity contribution in [3.63, 3.8) is 0 Å². The molecular weight excluding hydrogens is 432 g/mol. The molecule has 0 saturated carbocycles. The van der Waals surface area contributed by atoms with Crippen LogP contribution in [0.25, 0.3) is 0 Å². The van der Waals surface area contributed by atoms with Gasteiger partial charge < -0.3 is 0 Å². The molecule has 0 fully saturated rings. The molecule has 0 amide bonds. The van der Waals surface area contributed by atoms with Crippen molar-refractivity contribution in [2.24, 2.45) is 0 Å². The van der Waals surface area contributed by atoms with Crippen molar-refractivity contribution in [1.29, 1.82) is 0 Å². The summed E-state index contributed by atoms with van der Waals surface area (Å²) >= 11 is 0. The lowest BCUT2D eigenvalue weighted by atomic mass is 9.97. The molecule has 0 aliphatic carbocycles. The van der Waals surface area contributed by atoms with Crippen LogP contribution in [0, 0.1) is 18.6 Å². The van der Waals surface area contributed by atoms with Crippen LogP contribution in [-0.2, 0) is 19.5 Å². The standard InChI is InChI=1S/C28H25F2N3O/c1-19-31-26-15-16-32(17-22-24(29)13-8-14-25(22)30)18-23(26)28(34)33(19)27(20-9-4-2-5-10-20)21-11-6-3-7-12-21/h2-14,27H,15-18H2,1H3. The topological polar surface area (TPSA) is 38.1 Å². The SMILES string of the molecule is Cc1nc2c(c(=O)n1C(c1ccccc1)c1ccccc1)CN(Cc1c(F)cccc1F)CC2.